The highest BCUT2D eigenvalue weighted by Crippen LogP contribution is 2.24. The second-order valence-corrected chi connectivity index (χ2v) is 3.80. The predicted molar refractivity (Wildman–Crippen MR) is 66.2 cm³/mol. The van der Waals surface area contributed by atoms with Gasteiger partial charge in [0.1, 0.15) is 0 Å². The molecule has 2 aromatic rings. The molecule has 0 saturated heterocycles. The van der Waals surface area contributed by atoms with Crippen LogP contribution in [0.5, 0.6) is 0 Å². The summed E-state index contributed by atoms with van der Waals surface area (Å²) in [6.45, 7) is 0. The highest BCUT2D eigenvalue weighted by molar-refractivity contribution is 7.80. The standard InChI is InChI=1S/C11H10ClNS/c12-10-7-11-9(3-4-13-11)6-8(10)2-1-5-14/h1-4,6-7,13-14H,5H2. The van der Waals surface area contributed by atoms with Crippen molar-refractivity contribution in [2.45, 2.75) is 0 Å². The summed E-state index contributed by atoms with van der Waals surface area (Å²) < 4.78 is 0. The first-order chi connectivity index (χ1) is 6.81. The zero-order valence-corrected chi connectivity index (χ0v) is 9.15. The monoisotopic (exact) mass is 223 g/mol. The Balaban J connectivity index is 2.53. The Morgan fingerprint density at radius 3 is 3.07 bits per heavy atom. The summed E-state index contributed by atoms with van der Waals surface area (Å²) in [6, 6.07) is 6.03. The minimum Gasteiger partial charge on any atom is -0.361 e. The molecule has 1 N–H and O–H groups in total. The molecule has 1 aromatic carbocycles. The fraction of sp³-hybridized carbons (Fsp3) is 0.0909. The minimum absolute atomic E-state index is 0.724. The van der Waals surface area contributed by atoms with Crippen molar-refractivity contribution in [1.29, 1.82) is 0 Å². The van der Waals surface area contributed by atoms with E-state index in [1.165, 1.54) is 5.39 Å². The minimum atomic E-state index is 0.724. The number of aromatic amines is 1. The van der Waals surface area contributed by atoms with Gasteiger partial charge in [0.05, 0.1) is 0 Å². The average Bonchev–Trinajstić information content (AvgIpc) is 2.61. The van der Waals surface area contributed by atoms with E-state index in [2.05, 4.69) is 23.7 Å². The fourth-order valence-electron chi connectivity index (χ4n) is 1.40. The molecule has 14 heavy (non-hydrogen) atoms. The number of nitrogens with one attached hydrogen (secondary N) is 1. The Kier molecular flexibility index (Phi) is 2.85. The molecule has 0 aliphatic carbocycles. The van der Waals surface area contributed by atoms with E-state index in [1.54, 1.807) is 0 Å². The van der Waals surface area contributed by atoms with Crippen LogP contribution in [0.4, 0.5) is 0 Å². The van der Waals surface area contributed by atoms with Gasteiger partial charge in [0.2, 0.25) is 0 Å². The molecule has 0 atom stereocenters. The van der Waals surface area contributed by atoms with Gasteiger partial charge in [-0.05, 0) is 23.8 Å². The zero-order chi connectivity index (χ0) is 9.97. The van der Waals surface area contributed by atoms with Gasteiger partial charge >= 0.3 is 0 Å². The maximum atomic E-state index is 6.10. The maximum absolute atomic E-state index is 6.10. The first-order valence-electron chi connectivity index (χ1n) is 4.35. The van der Waals surface area contributed by atoms with Gasteiger partial charge in [-0.15, -0.1) is 0 Å². The molecule has 3 heteroatoms. The van der Waals surface area contributed by atoms with E-state index in [-0.39, 0.29) is 0 Å². The Hall–Kier alpha value is -0.860. The number of aromatic nitrogens is 1. The van der Waals surface area contributed by atoms with E-state index in [4.69, 9.17) is 11.6 Å². The third kappa shape index (κ3) is 1.81. The molecule has 72 valence electrons. The summed E-state index contributed by atoms with van der Waals surface area (Å²) in [7, 11) is 0. The molecule has 0 amide bonds. The van der Waals surface area contributed by atoms with E-state index in [9.17, 15) is 0 Å². The van der Waals surface area contributed by atoms with Crippen LogP contribution in [0, 0.1) is 0 Å². The Bertz CT molecular complexity index is 473. The largest absolute Gasteiger partial charge is 0.361 e. The third-order valence-corrected chi connectivity index (χ3v) is 2.61. The molecule has 1 nitrogen and oxygen atoms in total. The number of benzene rings is 1. The Labute approximate surface area is 93.2 Å². The smallest absolute Gasteiger partial charge is 0.0499 e. The lowest BCUT2D eigenvalue weighted by Crippen LogP contribution is -1.76. The molecule has 2 rings (SSSR count). The molecule has 0 aliphatic heterocycles. The number of hydrogen-bond donors (Lipinski definition) is 2. The van der Waals surface area contributed by atoms with E-state index < -0.39 is 0 Å². The lowest BCUT2D eigenvalue weighted by atomic mass is 10.1. The Morgan fingerprint density at radius 1 is 1.43 bits per heavy atom. The number of thiol groups is 1. The van der Waals surface area contributed by atoms with Crippen molar-refractivity contribution in [2.75, 3.05) is 5.75 Å². The second kappa shape index (κ2) is 4.11. The van der Waals surface area contributed by atoms with Crippen LogP contribution in [0.1, 0.15) is 5.56 Å². The molecule has 1 heterocycles. The summed E-state index contributed by atoms with van der Waals surface area (Å²) >= 11 is 10.2. The van der Waals surface area contributed by atoms with Crippen molar-refractivity contribution in [1.82, 2.24) is 4.98 Å². The van der Waals surface area contributed by atoms with Crippen LogP contribution in [0.15, 0.2) is 30.5 Å². The Morgan fingerprint density at radius 2 is 2.29 bits per heavy atom. The number of rotatable bonds is 2. The first-order valence-corrected chi connectivity index (χ1v) is 5.36. The number of H-pyrrole nitrogens is 1. The quantitative estimate of drug-likeness (QED) is 0.722. The van der Waals surface area contributed by atoms with Crippen LogP contribution < -0.4 is 0 Å². The molecular formula is C11H10ClNS. The lowest BCUT2D eigenvalue weighted by Gasteiger charge is -1.98. The van der Waals surface area contributed by atoms with Crippen LogP contribution in [0.25, 0.3) is 17.0 Å². The first kappa shape index (κ1) is 9.69. The van der Waals surface area contributed by atoms with Gasteiger partial charge in [-0.25, -0.2) is 0 Å². The van der Waals surface area contributed by atoms with Crippen LogP contribution in [-0.4, -0.2) is 10.7 Å². The van der Waals surface area contributed by atoms with Crippen molar-refractivity contribution < 1.29 is 0 Å². The normalized spacial score (nSPS) is 11.6. The van der Waals surface area contributed by atoms with Gasteiger partial charge in [0.15, 0.2) is 0 Å². The molecule has 0 radical (unpaired) electrons. The van der Waals surface area contributed by atoms with Crippen molar-refractivity contribution >= 4 is 41.2 Å². The molecular weight excluding hydrogens is 214 g/mol. The van der Waals surface area contributed by atoms with Crippen molar-refractivity contribution in [3.63, 3.8) is 0 Å². The maximum Gasteiger partial charge on any atom is 0.0499 e. The van der Waals surface area contributed by atoms with Crippen molar-refractivity contribution in [3.05, 3.63) is 41.1 Å². The van der Waals surface area contributed by atoms with E-state index >= 15 is 0 Å². The zero-order valence-electron chi connectivity index (χ0n) is 7.50. The molecule has 0 bridgehead atoms. The van der Waals surface area contributed by atoms with Crippen LogP contribution >= 0.6 is 24.2 Å². The summed E-state index contributed by atoms with van der Waals surface area (Å²) in [5, 5.41) is 1.94. The average molecular weight is 224 g/mol. The summed E-state index contributed by atoms with van der Waals surface area (Å²) in [4.78, 5) is 3.12. The van der Waals surface area contributed by atoms with E-state index in [0.717, 1.165) is 21.9 Å². The van der Waals surface area contributed by atoms with Crippen molar-refractivity contribution in [3.8, 4) is 0 Å². The molecule has 0 aliphatic rings. The van der Waals surface area contributed by atoms with E-state index in [1.807, 2.05) is 30.5 Å². The highest BCUT2D eigenvalue weighted by atomic mass is 35.5. The number of halogens is 1. The van der Waals surface area contributed by atoms with Gasteiger partial charge in [-0.2, -0.15) is 12.6 Å². The van der Waals surface area contributed by atoms with E-state index in [0.29, 0.717) is 0 Å². The summed E-state index contributed by atoms with van der Waals surface area (Å²) in [5.41, 5.74) is 2.10. The lowest BCUT2D eigenvalue weighted by molar-refractivity contribution is 1.48. The second-order valence-electron chi connectivity index (χ2n) is 3.02. The molecule has 1 aromatic heterocycles. The fourth-order valence-corrected chi connectivity index (χ4v) is 1.73. The van der Waals surface area contributed by atoms with Crippen molar-refractivity contribution in [2.24, 2.45) is 0 Å². The molecule has 0 unspecified atom stereocenters. The molecule has 0 fully saturated rings. The topological polar surface area (TPSA) is 15.8 Å². The summed E-state index contributed by atoms with van der Waals surface area (Å²) in [6.07, 6.45) is 5.87. The third-order valence-electron chi connectivity index (χ3n) is 2.07. The number of fused-ring (bicyclic) bond motifs is 1. The van der Waals surface area contributed by atoms with Crippen LogP contribution in [0.3, 0.4) is 0 Å². The predicted octanol–water partition coefficient (Wildman–Crippen LogP) is 3.76. The number of hydrogen-bond acceptors (Lipinski definition) is 1. The van der Waals surface area contributed by atoms with Gasteiger partial charge in [-0.1, -0.05) is 23.8 Å². The van der Waals surface area contributed by atoms with Crippen LogP contribution in [0.2, 0.25) is 5.02 Å². The van der Waals surface area contributed by atoms with Crippen LogP contribution in [-0.2, 0) is 0 Å². The summed E-state index contributed by atoms with van der Waals surface area (Å²) in [5.74, 6) is 0.724. The van der Waals surface area contributed by atoms with Gasteiger partial charge < -0.3 is 4.98 Å². The van der Waals surface area contributed by atoms with Gasteiger partial charge in [0.25, 0.3) is 0 Å². The molecule has 0 saturated carbocycles. The highest BCUT2D eigenvalue weighted by Gasteiger charge is 2.00. The molecule has 0 spiro atoms. The van der Waals surface area contributed by atoms with Gasteiger partial charge in [-0.3, -0.25) is 0 Å². The SMILES string of the molecule is SCC=Cc1cc2cc[nH]c2cc1Cl. The van der Waals surface area contributed by atoms with Gasteiger partial charge in [0, 0.05) is 27.9 Å².